The van der Waals surface area contributed by atoms with Crippen LogP contribution in [0.5, 0.6) is 0 Å². The maximum Gasteiger partial charge on any atom is 0.320 e. The standard InChI is InChI=1S/C16H17F2N5O2/c1-8(9-3-4-11(17)12(18)5-9)22-16(24)23-14-6-13(19)10(7-21-14)15(20)25-2/h3-8,20H,1-2H3,(H4,19,21,22,23,24). The van der Waals surface area contributed by atoms with Crippen LogP contribution in [0, 0.1) is 17.0 Å². The summed E-state index contributed by atoms with van der Waals surface area (Å²) in [7, 11) is 1.33. The second kappa shape index (κ2) is 7.56. The highest BCUT2D eigenvalue weighted by Gasteiger charge is 2.14. The monoisotopic (exact) mass is 349 g/mol. The van der Waals surface area contributed by atoms with Crippen LogP contribution in [0.4, 0.5) is 25.1 Å². The summed E-state index contributed by atoms with van der Waals surface area (Å²) in [6.07, 6.45) is 1.30. The molecule has 0 bridgehead atoms. The lowest BCUT2D eigenvalue weighted by molar-refractivity contribution is 0.249. The summed E-state index contributed by atoms with van der Waals surface area (Å²) < 4.78 is 31.0. The molecule has 0 spiro atoms. The first-order valence-electron chi connectivity index (χ1n) is 7.22. The molecule has 25 heavy (non-hydrogen) atoms. The molecule has 5 N–H and O–H groups in total. The van der Waals surface area contributed by atoms with E-state index in [1.165, 1.54) is 25.4 Å². The number of nitrogen functional groups attached to an aromatic ring is 1. The van der Waals surface area contributed by atoms with Gasteiger partial charge < -0.3 is 15.8 Å². The van der Waals surface area contributed by atoms with E-state index in [-0.39, 0.29) is 17.4 Å². The number of nitrogens with one attached hydrogen (secondary N) is 3. The summed E-state index contributed by atoms with van der Waals surface area (Å²) >= 11 is 0. The molecule has 1 aromatic heterocycles. The number of nitrogens with two attached hydrogens (primary N) is 1. The highest BCUT2D eigenvalue weighted by Crippen LogP contribution is 2.18. The number of methoxy groups -OCH3 is 1. The molecular weight excluding hydrogens is 332 g/mol. The molecule has 0 saturated heterocycles. The van der Waals surface area contributed by atoms with Crippen LogP contribution in [0.15, 0.2) is 30.5 Å². The topological polar surface area (TPSA) is 113 Å². The van der Waals surface area contributed by atoms with E-state index in [1.807, 2.05) is 0 Å². The molecule has 132 valence electrons. The van der Waals surface area contributed by atoms with Crippen LogP contribution in [-0.2, 0) is 4.74 Å². The molecule has 0 saturated carbocycles. The molecule has 0 radical (unpaired) electrons. The van der Waals surface area contributed by atoms with Crippen molar-refractivity contribution in [2.24, 2.45) is 0 Å². The molecule has 1 aromatic carbocycles. The Balaban J connectivity index is 2.03. The van der Waals surface area contributed by atoms with E-state index < -0.39 is 23.7 Å². The van der Waals surface area contributed by atoms with Gasteiger partial charge in [0.15, 0.2) is 11.6 Å². The number of anilines is 2. The Bertz CT molecular complexity index is 813. The number of urea groups is 1. The lowest BCUT2D eigenvalue weighted by atomic mass is 10.1. The maximum atomic E-state index is 13.2. The van der Waals surface area contributed by atoms with Gasteiger partial charge in [-0.3, -0.25) is 10.7 Å². The molecule has 0 aliphatic heterocycles. The average molecular weight is 349 g/mol. The third-order valence-electron chi connectivity index (χ3n) is 3.42. The Morgan fingerprint density at radius 3 is 2.64 bits per heavy atom. The van der Waals surface area contributed by atoms with Gasteiger partial charge in [0, 0.05) is 18.0 Å². The molecule has 9 heteroatoms. The smallest absolute Gasteiger partial charge is 0.320 e. The van der Waals surface area contributed by atoms with Gasteiger partial charge in [-0.2, -0.15) is 0 Å². The van der Waals surface area contributed by atoms with E-state index in [0.717, 1.165) is 12.1 Å². The third-order valence-corrected chi connectivity index (χ3v) is 3.42. The summed E-state index contributed by atoms with van der Waals surface area (Å²) in [5.74, 6) is -1.92. The van der Waals surface area contributed by atoms with Gasteiger partial charge in [0.05, 0.1) is 18.7 Å². The fraction of sp³-hybridized carbons (Fsp3) is 0.188. The molecule has 0 fully saturated rings. The van der Waals surface area contributed by atoms with E-state index >= 15 is 0 Å². The first kappa shape index (κ1) is 18.1. The minimum Gasteiger partial charge on any atom is -0.481 e. The number of rotatable bonds is 4. The lowest BCUT2D eigenvalue weighted by Gasteiger charge is -2.15. The molecule has 1 unspecified atom stereocenters. The van der Waals surface area contributed by atoms with Crippen LogP contribution in [0.3, 0.4) is 0 Å². The number of halogens is 2. The van der Waals surface area contributed by atoms with E-state index in [1.54, 1.807) is 6.92 Å². The second-order valence-electron chi connectivity index (χ2n) is 5.18. The summed E-state index contributed by atoms with van der Waals surface area (Å²) in [6.45, 7) is 1.62. The summed E-state index contributed by atoms with van der Waals surface area (Å²) in [6, 6.07) is 3.61. The minimum atomic E-state index is -0.989. The number of ether oxygens (including phenoxy) is 1. The zero-order chi connectivity index (χ0) is 18.6. The highest BCUT2D eigenvalue weighted by atomic mass is 19.2. The summed E-state index contributed by atoms with van der Waals surface area (Å²) in [5, 5.41) is 12.6. The fourth-order valence-electron chi connectivity index (χ4n) is 2.05. The molecule has 2 rings (SSSR count). The Morgan fingerprint density at radius 2 is 2.04 bits per heavy atom. The molecule has 0 aliphatic rings. The Labute approximate surface area is 142 Å². The zero-order valence-electron chi connectivity index (χ0n) is 13.6. The van der Waals surface area contributed by atoms with Gasteiger partial charge in [-0.1, -0.05) is 6.07 Å². The van der Waals surface area contributed by atoms with E-state index in [2.05, 4.69) is 15.6 Å². The number of pyridine rings is 1. The van der Waals surface area contributed by atoms with Crippen molar-refractivity contribution in [3.05, 3.63) is 53.2 Å². The predicted molar refractivity (Wildman–Crippen MR) is 89.4 cm³/mol. The van der Waals surface area contributed by atoms with Gasteiger partial charge in [0.25, 0.3) is 0 Å². The molecule has 2 aromatic rings. The van der Waals surface area contributed by atoms with E-state index in [4.69, 9.17) is 15.9 Å². The van der Waals surface area contributed by atoms with E-state index in [0.29, 0.717) is 11.1 Å². The van der Waals surface area contributed by atoms with Crippen molar-refractivity contribution in [3.63, 3.8) is 0 Å². The number of carbonyl (C=O) groups is 1. The van der Waals surface area contributed by atoms with Gasteiger partial charge in [-0.15, -0.1) is 0 Å². The van der Waals surface area contributed by atoms with Gasteiger partial charge in [0.1, 0.15) is 5.82 Å². The van der Waals surface area contributed by atoms with Crippen molar-refractivity contribution in [2.75, 3.05) is 18.2 Å². The number of carbonyl (C=O) groups excluding carboxylic acids is 1. The molecular formula is C16H17F2N5O2. The Kier molecular flexibility index (Phi) is 5.48. The summed E-state index contributed by atoms with van der Waals surface area (Å²) in [5.41, 5.74) is 6.70. The molecule has 1 heterocycles. The average Bonchev–Trinajstić information content (AvgIpc) is 2.56. The van der Waals surface area contributed by atoms with Crippen LogP contribution in [-0.4, -0.2) is 24.0 Å². The molecule has 1 atom stereocenters. The number of nitrogens with zero attached hydrogens (tertiary/aromatic N) is 1. The van der Waals surface area contributed by atoms with Crippen molar-refractivity contribution in [1.82, 2.24) is 10.3 Å². The lowest BCUT2D eigenvalue weighted by Crippen LogP contribution is -2.31. The molecule has 7 nitrogen and oxygen atoms in total. The van der Waals surface area contributed by atoms with Crippen molar-refractivity contribution < 1.29 is 18.3 Å². The zero-order valence-corrected chi connectivity index (χ0v) is 13.6. The maximum absolute atomic E-state index is 13.2. The first-order chi connectivity index (χ1) is 11.8. The van der Waals surface area contributed by atoms with Crippen LogP contribution in [0.25, 0.3) is 0 Å². The second-order valence-corrected chi connectivity index (χ2v) is 5.18. The van der Waals surface area contributed by atoms with Gasteiger partial charge in [-0.25, -0.2) is 18.6 Å². The number of benzene rings is 1. The largest absolute Gasteiger partial charge is 0.481 e. The van der Waals surface area contributed by atoms with Crippen molar-refractivity contribution >= 4 is 23.4 Å². The SMILES string of the molecule is COC(=N)c1cnc(NC(=O)NC(C)c2ccc(F)c(F)c2)cc1N. The van der Waals surface area contributed by atoms with Gasteiger partial charge in [0.2, 0.25) is 5.90 Å². The fourth-order valence-corrected chi connectivity index (χ4v) is 2.05. The summed E-state index contributed by atoms with van der Waals surface area (Å²) in [4.78, 5) is 16.0. The first-order valence-corrected chi connectivity index (χ1v) is 7.22. The quantitative estimate of drug-likeness (QED) is 0.502. The molecule has 2 amide bonds. The Hall–Kier alpha value is -3.23. The van der Waals surface area contributed by atoms with E-state index in [9.17, 15) is 13.6 Å². The minimum absolute atomic E-state index is 0.145. The van der Waals surface area contributed by atoms with Crippen molar-refractivity contribution in [2.45, 2.75) is 13.0 Å². The van der Waals surface area contributed by atoms with Crippen LogP contribution in [0.1, 0.15) is 24.1 Å². The normalized spacial score (nSPS) is 11.5. The number of hydrogen-bond acceptors (Lipinski definition) is 5. The van der Waals surface area contributed by atoms with Gasteiger partial charge >= 0.3 is 6.03 Å². The predicted octanol–water partition coefficient (Wildman–Crippen LogP) is 2.80. The van der Waals surface area contributed by atoms with Crippen LogP contribution < -0.4 is 16.4 Å². The Morgan fingerprint density at radius 1 is 1.32 bits per heavy atom. The molecule has 0 aliphatic carbocycles. The number of aromatic nitrogens is 1. The number of amides is 2. The van der Waals surface area contributed by atoms with Crippen LogP contribution in [0.2, 0.25) is 0 Å². The van der Waals surface area contributed by atoms with Crippen LogP contribution >= 0.6 is 0 Å². The van der Waals surface area contributed by atoms with Gasteiger partial charge in [-0.05, 0) is 24.6 Å². The highest BCUT2D eigenvalue weighted by molar-refractivity contribution is 5.97. The van der Waals surface area contributed by atoms with Crippen molar-refractivity contribution in [3.8, 4) is 0 Å². The third kappa shape index (κ3) is 4.40. The number of hydrogen-bond donors (Lipinski definition) is 4. The van der Waals surface area contributed by atoms with Crippen molar-refractivity contribution in [1.29, 1.82) is 5.41 Å².